The minimum atomic E-state index is -0.221. The first kappa shape index (κ1) is 15.2. The number of amides is 1. The molecule has 0 aromatic rings. The van der Waals surface area contributed by atoms with Gasteiger partial charge in [-0.2, -0.15) is 0 Å². The van der Waals surface area contributed by atoms with Crippen molar-refractivity contribution in [1.82, 2.24) is 10.2 Å². The van der Waals surface area contributed by atoms with Crippen molar-refractivity contribution < 1.29 is 19.0 Å². The summed E-state index contributed by atoms with van der Waals surface area (Å²) in [4.78, 5) is 14.7. The summed E-state index contributed by atoms with van der Waals surface area (Å²) in [6, 6.07) is -0.221. The molecule has 3 aliphatic heterocycles. The van der Waals surface area contributed by atoms with Gasteiger partial charge in [-0.25, -0.2) is 0 Å². The molecule has 3 aliphatic rings. The van der Waals surface area contributed by atoms with Gasteiger partial charge >= 0.3 is 0 Å². The van der Waals surface area contributed by atoms with E-state index in [2.05, 4.69) is 5.32 Å². The molecule has 1 N–H and O–H groups in total. The van der Waals surface area contributed by atoms with Crippen LogP contribution in [0.3, 0.4) is 0 Å². The van der Waals surface area contributed by atoms with Crippen molar-refractivity contribution in [2.75, 3.05) is 46.1 Å². The molecule has 6 heteroatoms. The summed E-state index contributed by atoms with van der Waals surface area (Å²) < 4.78 is 16.8. The molecule has 0 bridgehead atoms. The molecule has 0 radical (unpaired) electrons. The van der Waals surface area contributed by atoms with Gasteiger partial charge in [0.25, 0.3) is 0 Å². The molecule has 0 aliphatic carbocycles. The molecule has 3 rings (SSSR count). The Bertz CT molecular complexity index is 317. The van der Waals surface area contributed by atoms with E-state index in [0.717, 1.165) is 45.4 Å². The Hall–Kier alpha value is -0.690. The second kappa shape index (κ2) is 7.54. The SMILES string of the molecule is O=C(C1COCCN1)N(CC1CCCO1)CC1CCCO1. The first-order valence-corrected chi connectivity index (χ1v) is 8.16. The molecular weight excluding hydrogens is 272 g/mol. The van der Waals surface area contributed by atoms with Crippen LogP contribution in [0.5, 0.6) is 0 Å². The van der Waals surface area contributed by atoms with Gasteiger partial charge in [0.05, 0.1) is 25.4 Å². The molecule has 120 valence electrons. The second-order valence-corrected chi connectivity index (χ2v) is 6.09. The fraction of sp³-hybridized carbons (Fsp3) is 0.933. The third-order valence-corrected chi connectivity index (χ3v) is 4.43. The molecule has 3 unspecified atom stereocenters. The number of hydrogen-bond donors (Lipinski definition) is 1. The van der Waals surface area contributed by atoms with Crippen LogP contribution in [0.25, 0.3) is 0 Å². The highest BCUT2D eigenvalue weighted by molar-refractivity contribution is 5.82. The van der Waals surface area contributed by atoms with Crippen LogP contribution >= 0.6 is 0 Å². The lowest BCUT2D eigenvalue weighted by molar-refractivity contribution is -0.139. The van der Waals surface area contributed by atoms with Crippen molar-refractivity contribution in [2.24, 2.45) is 0 Å². The fourth-order valence-electron chi connectivity index (χ4n) is 3.27. The maximum Gasteiger partial charge on any atom is 0.242 e. The van der Waals surface area contributed by atoms with E-state index in [1.165, 1.54) is 0 Å². The Morgan fingerprint density at radius 2 is 1.71 bits per heavy atom. The van der Waals surface area contributed by atoms with Crippen molar-refractivity contribution in [3.8, 4) is 0 Å². The Balaban J connectivity index is 1.59. The Kier molecular flexibility index (Phi) is 5.46. The van der Waals surface area contributed by atoms with Crippen LogP contribution in [-0.4, -0.2) is 75.1 Å². The van der Waals surface area contributed by atoms with E-state index in [1.807, 2.05) is 4.90 Å². The van der Waals surface area contributed by atoms with E-state index in [-0.39, 0.29) is 24.2 Å². The molecule has 3 atom stereocenters. The third-order valence-electron chi connectivity index (χ3n) is 4.43. The summed E-state index contributed by atoms with van der Waals surface area (Å²) in [5.41, 5.74) is 0. The van der Waals surface area contributed by atoms with Crippen molar-refractivity contribution >= 4 is 5.91 Å². The van der Waals surface area contributed by atoms with E-state index < -0.39 is 0 Å². The minimum Gasteiger partial charge on any atom is -0.378 e. The summed E-state index contributed by atoms with van der Waals surface area (Å²) in [7, 11) is 0. The normalized spacial score (nSPS) is 33.2. The lowest BCUT2D eigenvalue weighted by atomic mass is 10.1. The quantitative estimate of drug-likeness (QED) is 0.783. The number of nitrogens with zero attached hydrogens (tertiary/aromatic N) is 1. The van der Waals surface area contributed by atoms with Gasteiger partial charge in [0.15, 0.2) is 0 Å². The number of rotatable bonds is 5. The topological polar surface area (TPSA) is 60.0 Å². The zero-order chi connectivity index (χ0) is 14.5. The van der Waals surface area contributed by atoms with E-state index >= 15 is 0 Å². The lowest BCUT2D eigenvalue weighted by Gasteiger charge is -2.32. The zero-order valence-electron chi connectivity index (χ0n) is 12.6. The first-order valence-electron chi connectivity index (χ1n) is 8.16. The van der Waals surface area contributed by atoms with Crippen molar-refractivity contribution in [1.29, 1.82) is 0 Å². The average molecular weight is 298 g/mol. The van der Waals surface area contributed by atoms with E-state index in [0.29, 0.717) is 26.3 Å². The van der Waals surface area contributed by atoms with Crippen LogP contribution in [0.1, 0.15) is 25.7 Å². The molecule has 6 nitrogen and oxygen atoms in total. The van der Waals surface area contributed by atoms with Gasteiger partial charge in [-0.15, -0.1) is 0 Å². The van der Waals surface area contributed by atoms with Crippen LogP contribution in [0.15, 0.2) is 0 Å². The van der Waals surface area contributed by atoms with Gasteiger partial charge in [-0.1, -0.05) is 0 Å². The van der Waals surface area contributed by atoms with Crippen molar-refractivity contribution in [3.63, 3.8) is 0 Å². The van der Waals surface area contributed by atoms with E-state index in [4.69, 9.17) is 14.2 Å². The average Bonchev–Trinajstić information content (AvgIpc) is 3.20. The van der Waals surface area contributed by atoms with Crippen LogP contribution < -0.4 is 5.32 Å². The summed E-state index contributed by atoms with van der Waals surface area (Å²) in [6.45, 7) is 4.88. The molecular formula is C15H26N2O4. The number of ether oxygens (including phenoxy) is 3. The molecule has 0 saturated carbocycles. The number of morpholine rings is 1. The maximum atomic E-state index is 12.7. The molecule has 21 heavy (non-hydrogen) atoms. The molecule has 0 spiro atoms. The van der Waals surface area contributed by atoms with Crippen LogP contribution in [-0.2, 0) is 19.0 Å². The second-order valence-electron chi connectivity index (χ2n) is 6.09. The van der Waals surface area contributed by atoms with E-state index in [9.17, 15) is 4.79 Å². The molecule has 0 aromatic heterocycles. The number of nitrogens with one attached hydrogen (secondary N) is 1. The van der Waals surface area contributed by atoms with E-state index in [1.54, 1.807) is 0 Å². The largest absolute Gasteiger partial charge is 0.378 e. The molecule has 1 amide bonds. The zero-order valence-corrected chi connectivity index (χ0v) is 12.6. The Morgan fingerprint density at radius 3 is 2.19 bits per heavy atom. The predicted molar refractivity (Wildman–Crippen MR) is 77.1 cm³/mol. The summed E-state index contributed by atoms with van der Waals surface area (Å²) >= 11 is 0. The molecule has 3 saturated heterocycles. The predicted octanol–water partition coefficient (Wildman–Crippen LogP) is 0.161. The summed E-state index contributed by atoms with van der Waals surface area (Å²) in [5, 5.41) is 3.25. The molecule has 0 aromatic carbocycles. The Morgan fingerprint density at radius 1 is 1.05 bits per heavy atom. The monoisotopic (exact) mass is 298 g/mol. The van der Waals surface area contributed by atoms with Crippen molar-refractivity contribution in [2.45, 2.75) is 43.9 Å². The van der Waals surface area contributed by atoms with Crippen LogP contribution in [0.4, 0.5) is 0 Å². The van der Waals surface area contributed by atoms with Gasteiger partial charge in [-0.3, -0.25) is 4.79 Å². The molecule has 3 heterocycles. The van der Waals surface area contributed by atoms with Gasteiger partial charge in [0.2, 0.25) is 5.91 Å². The summed E-state index contributed by atoms with van der Waals surface area (Å²) in [6.07, 6.45) is 4.64. The fourth-order valence-corrected chi connectivity index (χ4v) is 3.27. The highest BCUT2D eigenvalue weighted by atomic mass is 16.5. The number of hydrogen-bond acceptors (Lipinski definition) is 5. The van der Waals surface area contributed by atoms with Crippen LogP contribution in [0.2, 0.25) is 0 Å². The smallest absolute Gasteiger partial charge is 0.242 e. The minimum absolute atomic E-state index is 0.126. The van der Waals surface area contributed by atoms with Crippen molar-refractivity contribution in [3.05, 3.63) is 0 Å². The third kappa shape index (κ3) is 4.16. The first-order chi connectivity index (χ1) is 10.3. The standard InChI is InChI=1S/C15H26N2O4/c18-15(14-11-19-8-5-16-14)17(9-12-3-1-6-20-12)10-13-4-2-7-21-13/h12-14,16H,1-11H2. The number of carbonyl (C=O) groups is 1. The lowest BCUT2D eigenvalue weighted by Crippen LogP contribution is -2.55. The van der Waals surface area contributed by atoms with Gasteiger partial charge in [0.1, 0.15) is 6.04 Å². The van der Waals surface area contributed by atoms with Gasteiger partial charge in [-0.05, 0) is 25.7 Å². The maximum absolute atomic E-state index is 12.7. The molecule has 3 fully saturated rings. The van der Waals surface area contributed by atoms with Gasteiger partial charge in [0, 0.05) is 32.8 Å². The van der Waals surface area contributed by atoms with Gasteiger partial charge < -0.3 is 24.4 Å². The van der Waals surface area contributed by atoms with Crippen LogP contribution in [0, 0.1) is 0 Å². The highest BCUT2D eigenvalue weighted by Gasteiger charge is 2.31. The Labute approximate surface area is 126 Å². The highest BCUT2D eigenvalue weighted by Crippen LogP contribution is 2.18. The summed E-state index contributed by atoms with van der Waals surface area (Å²) in [5.74, 6) is 0.126. The number of carbonyl (C=O) groups excluding carboxylic acids is 1.